The summed E-state index contributed by atoms with van der Waals surface area (Å²) in [6.07, 6.45) is 1.04. The maximum absolute atomic E-state index is 5.86. The van der Waals surface area contributed by atoms with Gasteiger partial charge in [-0.2, -0.15) is 0 Å². The molecule has 114 valence electrons. The summed E-state index contributed by atoms with van der Waals surface area (Å²) in [6.45, 7) is 10.4. The maximum Gasteiger partial charge on any atom is 0.138 e. The molecule has 0 amide bonds. The molecule has 3 nitrogen and oxygen atoms in total. The van der Waals surface area contributed by atoms with Crippen molar-refractivity contribution < 1.29 is 9.47 Å². The van der Waals surface area contributed by atoms with Crippen LogP contribution in [-0.4, -0.2) is 26.4 Å². The van der Waals surface area contributed by atoms with Gasteiger partial charge >= 0.3 is 0 Å². The maximum atomic E-state index is 5.86. The van der Waals surface area contributed by atoms with E-state index in [0.29, 0.717) is 19.1 Å². The monoisotopic (exact) mass is 343 g/mol. The van der Waals surface area contributed by atoms with E-state index in [9.17, 15) is 0 Å². The van der Waals surface area contributed by atoms with Crippen molar-refractivity contribution in [2.75, 3.05) is 26.4 Å². The van der Waals surface area contributed by atoms with Crippen molar-refractivity contribution >= 4 is 15.9 Å². The van der Waals surface area contributed by atoms with Crippen LogP contribution in [0.25, 0.3) is 0 Å². The van der Waals surface area contributed by atoms with Crippen LogP contribution in [0.2, 0.25) is 0 Å². The fraction of sp³-hybridized carbons (Fsp3) is 0.625. The number of hydrogen-bond acceptors (Lipinski definition) is 3. The molecule has 0 atom stereocenters. The fourth-order valence-electron chi connectivity index (χ4n) is 1.80. The molecule has 0 heterocycles. The van der Waals surface area contributed by atoms with Gasteiger partial charge in [-0.1, -0.05) is 32.9 Å². The number of halogens is 1. The number of hydrogen-bond donors (Lipinski definition) is 1. The van der Waals surface area contributed by atoms with Gasteiger partial charge in [0, 0.05) is 18.7 Å². The molecular weight excluding hydrogens is 318 g/mol. The Morgan fingerprint density at radius 1 is 1.20 bits per heavy atom. The van der Waals surface area contributed by atoms with E-state index in [2.05, 4.69) is 48.1 Å². The summed E-state index contributed by atoms with van der Waals surface area (Å²) < 4.78 is 12.3. The highest BCUT2D eigenvalue weighted by Crippen LogP contribution is 2.29. The molecule has 0 unspecified atom stereocenters. The van der Waals surface area contributed by atoms with Crippen molar-refractivity contribution in [3.8, 4) is 5.75 Å². The third-order valence-electron chi connectivity index (χ3n) is 2.74. The van der Waals surface area contributed by atoms with Crippen LogP contribution < -0.4 is 10.1 Å². The molecule has 0 radical (unpaired) electrons. The highest BCUT2D eigenvalue weighted by molar-refractivity contribution is 9.10. The van der Waals surface area contributed by atoms with Crippen molar-refractivity contribution in [2.24, 2.45) is 5.92 Å². The summed E-state index contributed by atoms with van der Waals surface area (Å²) in [4.78, 5) is 0. The Bertz CT molecular complexity index is 383. The molecule has 4 heteroatoms. The van der Waals surface area contributed by atoms with Gasteiger partial charge < -0.3 is 14.8 Å². The zero-order valence-corrected chi connectivity index (χ0v) is 14.3. The Hall–Kier alpha value is -0.580. The molecular formula is C16H26BrNO2. The summed E-state index contributed by atoms with van der Waals surface area (Å²) in [5, 5.41) is 3.45. The van der Waals surface area contributed by atoms with Crippen LogP contribution in [0.1, 0.15) is 32.8 Å². The summed E-state index contributed by atoms with van der Waals surface area (Å²) in [6, 6.07) is 6.14. The third kappa shape index (κ3) is 6.73. The van der Waals surface area contributed by atoms with Gasteiger partial charge in [0.15, 0.2) is 0 Å². The number of para-hydroxylation sites is 1. The Morgan fingerprint density at radius 3 is 2.70 bits per heavy atom. The molecule has 0 aliphatic rings. The Kier molecular flexibility index (Phi) is 8.90. The predicted octanol–water partition coefficient (Wildman–Crippen LogP) is 4.00. The average Bonchev–Trinajstić information content (AvgIpc) is 2.40. The molecule has 1 aromatic rings. The van der Waals surface area contributed by atoms with E-state index in [4.69, 9.17) is 9.47 Å². The zero-order chi connectivity index (χ0) is 14.8. The molecule has 1 aromatic carbocycles. The number of ether oxygens (including phenoxy) is 2. The minimum absolute atomic E-state index is 0.583. The number of nitrogens with one attached hydrogen (secondary N) is 1. The van der Waals surface area contributed by atoms with Crippen molar-refractivity contribution in [1.82, 2.24) is 5.32 Å². The quantitative estimate of drug-likeness (QED) is 0.651. The van der Waals surface area contributed by atoms with Crippen molar-refractivity contribution in [1.29, 1.82) is 0 Å². The highest BCUT2D eigenvalue weighted by Gasteiger charge is 2.08. The van der Waals surface area contributed by atoms with E-state index < -0.39 is 0 Å². The predicted molar refractivity (Wildman–Crippen MR) is 87.3 cm³/mol. The normalized spacial score (nSPS) is 11.1. The topological polar surface area (TPSA) is 30.5 Å². The van der Waals surface area contributed by atoms with Gasteiger partial charge in [0.2, 0.25) is 0 Å². The standard InChI is InChI=1S/C16H26BrNO2/c1-4-8-19-9-10-20-16-14(6-5-7-15(16)17)12-18-11-13(2)3/h5-7,13,18H,4,8-12H2,1-3H3. The van der Waals surface area contributed by atoms with Gasteiger partial charge in [-0.25, -0.2) is 0 Å². The van der Waals surface area contributed by atoms with Crippen LogP contribution in [0.3, 0.4) is 0 Å². The second kappa shape index (κ2) is 10.2. The first-order valence-corrected chi connectivity index (χ1v) is 8.13. The lowest BCUT2D eigenvalue weighted by atomic mass is 10.2. The smallest absolute Gasteiger partial charge is 0.138 e. The van der Waals surface area contributed by atoms with Gasteiger partial charge in [0.1, 0.15) is 12.4 Å². The Balaban J connectivity index is 2.49. The Morgan fingerprint density at radius 2 is 2.00 bits per heavy atom. The first-order valence-electron chi connectivity index (χ1n) is 7.33. The average molecular weight is 344 g/mol. The van der Waals surface area contributed by atoms with Crippen molar-refractivity contribution in [2.45, 2.75) is 33.7 Å². The van der Waals surface area contributed by atoms with Gasteiger partial charge in [0.05, 0.1) is 11.1 Å². The minimum atomic E-state index is 0.583. The van der Waals surface area contributed by atoms with Crippen LogP contribution in [0.5, 0.6) is 5.75 Å². The third-order valence-corrected chi connectivity index (χ3v) is 3.36. The fourth-order valence-corrected chi connectivity index (χ4v) is 2.32. The van der Waals surface area contributed by atoms with Gasteiger partial charge in [-0.3, -0.25) is 0 Å². The van der Waals surface area contributed by atoms with E-state index >= 15 is 0 Å². The molecule has 0 saturated carbocycles. The van der Waals surface area contributed by atoms with Crippen LogP contribution in [-0.2, 0) is 11.3 Å². The van der Waals surface area contributed by atoms with E-state index in [1.54, 1.807) is 0 Å². The van der Waals surface area contributed by atoms with Crippen molar-refractivity contribution in [3.05, 3.63) is 28.2 Å². The van der Waals surface area contributed by atoms with Crippen molar-refractivity contribution in [3.63, 3.8) is 0 Å². The first kappa shape index (κ1) is 17.5. The molecule has 0 saturated heterocycles. The van der Waals surface area contributed by atoms with Gasteiger partial charge in [0.25, 0.3) is 0 Å². The Labute approximate surface area is 131 Å². The lowest BCUT2D eigenvalue weighted by Gasteiger charge is -2.14. The number of rotatable bonds is 10. The number of benzene rings is 1. The molecule has 0 aromatic heterocycles. The first-order chi connectivity index (χ1) is 9.65. The van der Waals surface area contributed by atoms with Crippen LogP contribution in [0.15, 0.2) is 22.7 Å². The largest absolute Gasteiger partial charge is 0.490 e. The molecule has 0 aliphatic heterocycles. The van der Waals surface area contributed by atoms with Crippen LogP contribution >= 0.6 is 15.9 Å². The lowest BCUT2D eigenvalue weighted by Crippen LogP contribution is -2.19. The lowest BCUT2D eigenvalue weighted by molar-refractivity contribution is 0.0999. The molecule has 20 heavy (non-hydrogen) atoms. The second-order valence-electron chi connectivity index (χ2n) is 5.21. The van der Waals surface area contributed by atoms with E-state index in [1.165, 1.54) is 5.56 Å². The molecule has 0 aliphatic carbocycles. The summed E-state index contributed by atoms with van der Waals surface area (Å²) >= 11 is 3.56. The molecule has 0 bridgehead atoms. The van der Waals surface area contributed by atoms with Crippen LogP contribution in [0, 0.1) is 5.92 Å². The second-order valence-corrected chi connectivity index (χ2v) is 6.07. The van der Waals surface area contributed by atoms with E-state index in [0.717, 1.165) is 36.3 Å². The van der Waals surface area contributed by atoms with E-state index in [-0.39, 0.29) is 0 Å². The molecule has 1 rings (SSSR count). The van der Waals surface area contributed by atoms with Crippen LogP contribution in [0.4, 0.5) is 0 Å². The minimum Gasteiger partial charge on any atom is -0.490 e. The summed E-state index contributed by atoms with van der Waals surface area (Å²) in [5.41, 5.74) is 1.18. The molecule has 1 N–H and O–H groups in total. The van der Waals surface area contributed by atoms with Gasteiger partial charge in [-0.05, 0) is 40.9 Å². The SMILES string of the molecule is CCCOCCOc1c(Br)cccc1CNCC(C)C. The highest BCUT2D eigenvalue weighted by atomic mass is 79.9. The van der Waals surface area contributed by atoms with Gasteiger partial charge in [-0.15, -0.1) is 0 Å². The summed E-state index contributed by atoms with van der Waals surface area (Å²) in [5.74, 6) is 1.57. The molecule has 0 spiro atoms. The zero-order valence-electron chi connectivity index (χ0n) is 12.7. The molecule has 0 fully saturated rings. The van der Waals surface area contributed by atoms with E-state index in [1.807, 2.05) is 12.1 Å². The summed E-state index contributed by atoms with van der Waals surface area (Å²) in [7, 11) is 0.